The maximum absolute atomic E-state index is 12.2. The molecule has 1 aromatic rings. The Morgan fingerprint density at radius 2 is 1.96 bits per heavy atom. The minimum absolute atomic E-state index is 0. The number of thiophene rings is 1. The summed E-state index contributed by atoms with van der Waals surface area (Å²) in [6.07, 6.45) is 0.906. The van der Waals surface area contributed by atoms with Crippen molar-refractivity contribution in [3.05, 3.63) is 20.8 Å². The summed E-state index contributed by atoms with van der Waals surface area (Å²) >= 11 is 5.21. The molecule has 24 heavy (non-hydrogen) atoms. The topological polar surface area (TPSA) is 47.9 Å². The van der Waals surface area contributed by atoms with E-state index in [9.17, 15) is 4.79 Å². The van der Waals surface area contributed by atoms with Crippen molar-refractivity contribution in [3.8, 4) is 0 Å². The number of carbonyl (C=O) groups is 1. The van der Waals surface area contributed by atoms with Crippen LogP contribution in [0.15, 0.2) is 20.9 Å². The van der Waals surface area contributed by atoms with Gasteiger partial charge in [-0.3, -0.25) is 9.79 Å². The molecule has 1 aromatic heterocycles. The van der Waals surface area contributed by atoms with Crippen LogP contribution in [0.4, 0.5) is 0 Å². The minimum Gasteiger partial charge on any atom is -0.357 e. The highest BCUT2D eigenvalue weighted by atomic mass is 127. The first-order chi connectivity index (χ1) is 11.0. The molecular formula is C16H28BrIN4OS. The van der Waals surface area contributed by atoms with Gasteiger partial charge in [-0.15, -0.1) is 35.3 Å². The summed E-state index contributed by atoms with van der Waals surface area (Å²) in [4.78, 5) is 21.9. The van der Waals surface area contributed by atoms with Gasteiger partial charge < -0.3 is 15.1 Å². The van der Waals surface area contributed by atoms with Crippen molar-refractivity contribution in [2.75, 3.05) is 39.8 Å². The summed E-state index contributed by atoms with van der Waals surface area (Å²) < 4.78 is 1.14. The number of guanidine groups is 1. The van der Waals surface area contributed by atoms with Gasteiger partial charge in [-0.2, -0.15) is 0 Å². The molecule has 0 bridgehead atoms. The molecule has 0 atom stereocenters. The molecule has 0 spiro atoms. The van der Waals surface area contributed by atoms with E-state index in [1.165, 1.54) is 4.88 Å². The summed E-state index contributed by atoms with van der Waals surface area (Å²) in [5.41, 5.74) is 0. The van der Waals surface area contributed by atoms with Crippen LogP contribution in [0, 0.1) is 0 Å². The highest BCUT2D eigenvalue weighted by Gasteiger charge is 2.14. The maximum Gasteiger partial charge on any atom is 0.242 e. The van der Waals surface area contributed by atoms with Gasteiger partial charge in [0.05, 0.1) is 10.3 Å². The largest absolute Gasteiger partial charge is 0.357 e. The first-order valence-electron chi connectivity index (χ1n) is 8.03. The number of likely N-dealkylation sites (N-methyl/N-ethyl adjacent to an activating group) is 2. The fourth-order valence-corrected chi connectivity index (χ4v) is 3.65. The third-order valence-corrected chi connectivity index (χ3v) is 5.12. The second-order valence-corrected chi connectivity index (χ2v) is 7.66. The van der Waals surface area contributed by atoms with Crippen LogP contribution in [-0.4, -0.2) is 61.4 Å². The zero-order valence-electron chi connectivity index (χ0n) is 14.8. The summed E-state index contributed by atoms with van der Waals surface area (Å²) in [7, 11) is 1.91. The molecule has 0 aliphatic rings. The first kappa shape index (κ1) is 23.6. The van der Waals surface area contributed by atoms with Crippen LogP contribution < -0.4 is 5.32 Å². The Balaban J connectivity index is 0.00000529. The fraction of sp³-hybridized carbons (Fsp3) is 0.625. The lowest BCUT2D eigenvalue weighted by Gasteiger charge is -2.25. The Hall–Kier alpha value is -0.350. The van der Waals surface area contributed by atoms with E-state index in [-0.39, 0.29) is 29.9 Å². The number of hydrogen-bond donors (Lipinski definition) is 1. The van der Waals surface area contributed by atoms with Crippen molar-refractivity contribution in [2.24, 2.45) is 4.99 Å². The average molecular weight is 531 g/mol. The van der Waals surface area contributed by atoms with Gasteiger partial charge in [0, 0.05) is 44.5 Å². The van der Waals surface area contributed by atoms with Gasteiger partial charge in [-0.05, 0) is 48.8 Å². The van der Waals surface area contributed by atoms with Gasteiger partial charge in [0.15, 0.2) is 5.96 Å². The van der Waals surface area contributed by atoms with E-state index in [1.807, 2.05) is 37.6 Å². The number of nitrogens with one attached hydrogen (secondary N) is 1. The predicted octanol–water partition coefficient (Wildman–Crippen LogP) is 3.44. The predicted molar refractivity (Wildman–Crippen MR) is 118 cm³/mol. The molecule has 1 N–H and O–H groups in total. The Bertz CT molecular complexity index is 520. The Morgan fingerprint density at radius 1 is 1.29 bits per heavy atom. The van der Waals surface area contributed by atoms with E-state index >= 15 is 0 Å². The molecule has 0 aromatic carbocycles. The lowest BCUT2D eigenvalue weighted by molar-refractivity contribution is -0.131. The molecule has 5 nitrogen and oxygen atoms in total. The number of aliphatic imine (C=N–C) groups is 1. The lowest BCUT2D eigenvalue weighted by Crippen LogP contribution is -2.45. The Labute approximate surface area is 175 Å². The molecule has 138 valence electrons. The summed E-state index contributed by atoms with van der Waals surface area (Å²) in [5, 5.41) is 3.25. The van der Waals surface area contributed by atoms with Gasteiger partial charge >= 0.3 is 0 Å². The van der Waals surface area contributed by atoms with E-state index in [4.69, 9.17) is 0 Å². The molecule has 0 radical (unpaired) electrons. The highest BCUT2D eigenvalue weighted by molar-refractivity contribution is 14.0. The van der Waals surface area contributed by atoms with Crippen molar-refractivity contribution in [1.82, 2.24) is 15.1 Å². The summed E-state index contributed by atoms with van der Waals surface area (Å²) in [5.74, 6) is 0.911. The van der Waals surface area contributed by atoms with Gasteiger partial charge in [0.25, 0.3) is 0 Å². The monoisotopic (exact) mass is 530 g/mol. The smallest absolute Gasteiger partial charge is 0.242 e. The van der Waals surface area contributed by atoms with E-state index < -0.39 is 0 Å². The highest BCUT2D eigenvalue weighted by Crippen LogP contribution is 2.22. The van der Waals surface area contributed by atoms with Crippen LogP contribution in [-0.2, 0) is 11.2 Å². The molecule has 0 aliphatic carbocycles. The van der Waals surface area contributed by atoms with Crippen molar-refractivity contribution in [3.63, 3.8) is 0 Å². The Morgan fingerprint density at radius 3 is 2.46 bits per heavy atom. The van der Waals surface area contributed by atoms with Crippen molar-refractivity contribution < 1.29 is 4.79 Å². The van der Waals surface area contributed by atoms with Gasteiger partial charge in [-0.25, -0.2) is 0 Å². The molecule has 1 rings (SSSR count). The SMILES string of the molecule is CCNC(=NCCc1ccc(Br)s1)N(C)CC(=O)N(CC)CC.I. The number of rotatable bonds is 8. The number of halogens is 2. The molecular weight excluding hydrogens is 503 g/mol. The third kappa shape index (κ3) is 8.15. The van der Waals surface area contributed by atoms with Gasteiger partial charge in [0.1, 0.15) is 0 Å². The number of nitrogens with zero attached hydrogens (tertiary/aromatic N) is 3. The maximum atomic E-state index is 12.2. The summed E-state index contributed by atoms with van der Waals surface area (Å²) in [6, 6.07) is 4.18. The fourth-order valence-electron chi connectivity index (χ4n) is 2.18. The summed E-state index contributed by atoms with van der Waals surface area (Å²) in [6.45, 7) is 9.35. The number of hydrogen-bond acceptors (Lipinski definition) is 3. The minimum atomic E-state index is 0. The molecule has 0 fully saturated rings. The Kier molecular flexibility index (Phi) is 12.7. The van der Waals surface area contributed by atoms with E-state index in [0.29, 0.717) is 13.1 Å². The van der Waals surface area contributed by atoms with Crippen LogP contribution in [0.25, 0.3) is 0 Å². The molecule has 8 heteroatoms. The van der Waals surface area contributed by atoms with Gasteiger partial charge in [0.2, 0.25) is 5.91 Å². The van der Waals surface area contributed by atoms with Crippen molar-refractivity contribution in [2.45, 2.75) is 27.2 Å². The quantitative estimate of drug-likeness (QED) is 0.318. The van der Waals surface area contributed by atoms with Crippen molar-refractivity contribution in [1.29, 1.82) is 0 Å². The third-order valence-electron chi connectivity index (χ3n) is 3.43. The van der Waals surface area contributed by atoms with Crippen LogP contribution in [0.5, 0.6) is 0 Å². The standard InChI is InChI=1S/C16H27BrN4OS.HI/c1-5-18-16(19-11-10-13-8-9-14(17)23-13)20(4)12-15(22)21(6-2)7-3;/h8-9H,5-7,10-12H2,1-4H3,(H,18,19);1H. The zero-order valence-corrected chi connectivity index (χ0v) is 19.6. The number of carbonyl (C=O) groups excluding carboxylic acids is 1. The molecule has 0 aliphatic heterocycles. The normalized spacial score (nSPS) is 11.0. The van der Waals surface area contributed by atoms with E-state index in [2.05, 4.69) is 38.4 Å². The van der Waals surface area contributed by atoms with Crippen LogP contribution >= 0.6 is 51.2 Å². The van der Waals surface area contributed by atoms with E-state index in [1.54, 1.807) is 11.3 Å². The van der Waals surface area contributed by atoms with Crippen LogP contribution in [0.1, 0.15) is 25.6 Å². The molecule has 0 unspecified atom stereocenters. The molecule has 0 saturated carbocycles. The van der Waals surface area contributed by atoms with Crippen LogP contribution in [0.2, 0.25) is 0 Å². The zero-order chi connectivity index (χ0) is 17.2. The second kappa shape index (κ2) is 12.9. The van der Waals surface area contributed by atoms with Gasteiger partial charge in [-0.1, -0.05) is 0 Å². The molecule has 1 heterocycles. The molecule has 0 saturated heterocycles. The average Bonchev–Trinajstić information content (AvgIpc) is 2.93. The second-order valence-electron chi connectivity index (χ2n) is 5.11. The van der Waals surface area contributed by atoms with E-state index in [0.717, 1.165) is 35.8 Å². The molecule has 1 amide bonds. The number of amides is 1. The first-order valence-corrected chi connectivity index (χ1v) is 9.64. The van der Waals surface area contributed by atoms with Crippen molar-refractivity contribution >= 4 is 63.1 Å². The lowest BCUT2D eigenvalue weighted by atomic mass is 10.3. The van der Waals surface area contributed by atoms with Crippen LogP contribution in [0.3, 0.4) is 0 Å².